The second kappa shape index (κ2) is 2.96. The lowest BCUT2D eigenvalue weighted by Gasteiger charge is -2.16. The van der Waals surface area contributed by atoms with E-state index in [0.717, 1.165) is 0 Å². The lowest BCUT2D eigenvalue weighted by Crippen LogP contribution is -2.49. The highest BCUT2D eigenvalue weighted by Gasteiger charge is 2.22. The molecular formula is C5H11NO4. The zero-order chi connectivity index (χ0) is 8.36. The van der Waals surface area contributed by atoms with E-state index in [-0.39, 0.29) is 0 Å². The summed E-state index contributed by atoms with van der Waals surface area (Å²) in [4.78, 5) is 10.6. The summed E-state index contributed by atoms with van der Waals surface area (Å²) in [5.74, 6) is -1.03. The molecule has 0 aliphatic rings. The predicted molar refractivity (Wildman–Crippen MR) is 32.4 cm³/mol. The third-order valence-corrected chi connectivity index (χ3v) is 0.815. The van der Waals surface area contributed by atoms with Gasteiger partial charge in [0.25, 0.3) is 0 Å². The van der Waals surface area contributed by atoms with Gasteiger partial charge in [0.05, 0.1) is 0 Å². The SMILES string of the molecule is CC(C)C(=O)NC(O)(O)O. The number of amides is 1. The van der Waals surface area contributed by atoms with Crippen LogP contribution in [0, 0.1) is 5.92 Å². The van der Waals surface area contributed by atoms with E-state index in [2.05, 4.69) is 0 Å². The van der Waals surface area contributed by atoms with Gasteiger partial charge in [-0.05, 0) is 0 Å². The highest BCUT2D eigenvalue weighted by atomic mass is 16.7. The zero-order valence-electron chi connectivity index (χ0n) is 5.83. The molecule has 0 aromatic rings. The molecule has 0 aliphatic heterocycles. The van der Waals surface area contributed by atoms with Crippen LogP contribution in [0.25, 0.3) is 0 Å². The summed E-state index contributed by atoms with van der Waals surface area (Å²) < 4.78 is 0. The van der Waals surface area contributed by atoms with Crippen molar-refractivity contribution in [2.45, 2.75) is 19.9 Å². The molecule has 0 heterocycles. The Morgan fingerprint density at radius 1 is 1.40 bits per heavy atom. The maximum Gasteiger partial charge on any atom is 0.369 e. The smallest absolute Gasteiger partial charge is 0.325 e. The molecule has 0 aromatic heterocycles. The fourth-order valence-corrected chi connectivity index (χ4v) is 0.310. The van der Waals surface area contributed by atoms with Crippen LogP contribution in [0.4, 0.5) is 0 Å². The average molecular weight is 149 g/mol. The van der Waals surface area contributed by atoms with E-state index in [9.17, 15) is 4.79 Å². The fourth-order valence-electron chi connectivity index (χ4n) is 0.310. The van der Waals surface area contributed by atoms with Crippen molar-refractivity contribution in [1.82, 2.24) is 5.32 Å². The van der Waals surface area contributed by atoms with Crippen molar-refractivity contribution >= 4 is 5.91 Å². The number of hydrogen-bond acceptors (Lipinski definition) is 4. The Balaban J connectivity index is 3.81. The first-order valence-corrected chi connectivity index (χ1v) is 2.82. The first-order chi connectivity index (χ1) is 4.33. The molecule has 0 fully saturated rings. The van der Waals surface area contributed by atoms with Gasteiger partial charge < -0.3 is 15.3 Å². The van der Waals surface area contributed by atoms with Crippen LogP contribution in [0.15, 0.2) is 0 Å². The standard InChI is InChI=1S/C5H11NO4/c1-3(2)4(7)6-5(8,9)10/h3,8-10H,1-2H3,(H,6,7). The van der Waals surface area contributed by atoms with Crippen LogP contribution in [0.1, 0.15) is 13.8 Å². The molecule has 0 saturated carbocycles. The Kier molecular flexibility index (Phi) is 2.77. The molecule has 0 saturated heterocycles. The quantitative estimate of drug-likeness (QED) is 0.354. The molecule has 10 heavy (non-hydrogen) atoms. The van der Waals surface area contributed by atoms with Crippen molar-refractivity contribution in [2.75, 3.05) is 0 Å². The monoisotopic (exact) mass is 149 g/mol. The second-order valence-corrected chi connectivity index (χ2v) is 2.28. The number of nitrogens with one attached hydrogen (secondary N) is 1. The van der Waals surface area contributed by atoms with E-state index in [0.29, 0.717) is 0 Å². The molecule has 0 atom stereocenters. The number of carbonyl (C=O) groups excluding carboxylic acids is 1. The number of carbonyl (C=O) groups is 1. The van der Waals surface area contributed by atoms with E-state index in [1.54, 1.807) is 19.2 Å². The van der Waals surface area contributed by atoms with Gasteiger partial charge in [-0.15, -0.1) is 0 Å². The molecule has 0 spiro atoms. The number of hydrogen-bond donors (Lipinski definition) is 4. The minimum atomic E-state index is -3.10. The van der Waals surface area contributed by atoms with Gasteiger partial charge in [0, 0.05) is 5.92 Å². The van der Waals surface area contributed by atoms with Gasteiger partial charge in [-0.25, -0.2) is 0 Å². The fraction of sp³-hybridized carbons (Fsp3) is 0.800. The van der Waals surface area contributed by atoms with E-state index >= 15 is 0 Å². The third-order valence-electron chi connectivity index (χ3n) is 0.815. The average Bonchev–Trinajstić information content (AvgIpc) is 1.60. The molecule has 0 unspecified atom stereocenters. The van der Waals surface area contributed by atoms with Gasteiger partial charge in [0.2, 0.25) is 5.91 Å². The van der Waals surface area contributed by atoms with Crippen molar-refractivity contribution in [3.63, 3.8) is 0 Å². The van der Waals surface area contributed by atoms with Crippen LogP contribution in [0.5, 0.6) is 0 Å². The van der Waals surface area contributed by atoms with E-state index in [1.165, 1.54) is 0 Å². The minimum absolute atomic E-state index is 0.397. The van der Waals surface area contributed by atoms with Crippen LogP contribution in [-0.4, -0.2) is 27.3 Å². The number of rotatable bonds is 2. The minimum Gasteiger partial charge on any atom is -0.325 e. The van der Waals surface area contributed by atoms with Crippen molar-refractivity contribution in [3.8, 4) is 0 Å². The lowest BCUT2D eigenvalue weighted by atomic mass is 10.2. The molecule has 0 bridgehead atoms. The van der Waals surface area contributed by atoms with Gasteiger partial charge in [-0.2, -0.15) is 0 Å². The Bertz CT molecular complexity index is 126. The van der Waals surface area contributed by atoms with Gasteiger partial charge in [0.15, 0.2) is 0 Å². The summed E-state index contributed by atoms with van der Waals surface area (Å²) >= 11 is 0. The Labute approximate surface area is 58.3 Å². The maximum atomic E-state index is 10.6. The third kappa shape index (κ3) is 4.25. The molecule has 5 heteroatoms. The molecule has 4 N–H and O–H groups in total. The van der Waals surface area contributed by atoms with Crippen LogP contribution in [0.2, 0.25) is 0 Å². The first-order valence-electron chi connectivity index (χ1n) is 2.82. The largest absolute Gasteiger partial charge is 0.369 e. The van der Waals surface area contributed by atoms with Crippen molar-refractivity contribution in [2.24, 2.45) is 5.92 Å². The normalized spacial score (nSPS) is 11.8. The highest BCUT2D eigenvalue weighted by Crippen LogP contribution is 1.94. The van der Waals surface area contributed by atoms with E-state index < -0.39 is 17.9 Å². The van der Waals surface area contributed by atoms with Crippen molar-refractivity contribution in [1.29, 1.82) is 0 Å². The van der Waals surface area contributed by atoms with Crippen LogP contribution < -0.4 is 5.32 Å². The van der Waals surface area contributed by atoms with Crippen molar-refractivity contribution < 1.29 is 20.1 Å². The Hall–Kier alpha value is -0.650. The highest BCUT2D eigenvalue weighted by molar-refractivity contribution is 5.77. The molecular weight excluding hydrogens is 138 g/mol. The molecule has 60 valence electrons. The van der Waals surface area contributed by atoms with Gasteiger partial charge in [0.1, 0.15) is 0 Å². The summed E-state index contributed by atoms with van der Waals surface area (Å²) in [7, 11) is 0. The van der Waals surface area contributed by atoms with E-state index in [4.69, 9.17) is 15.3 Å². The molecule has 0 radical (unpaired) electrons. The molecule has 0 aliphatic carbocycles. The zero-order valence-corrected chi connectivity index (χ0v) is 5.83. The van der Waals surface area contributed by atoms with Crippen molar-refractivity contribution in [3.05, 3.63) is 0 Å². The van der Waals surface area contributed by atoms with Gasteiger partial charge >= 0.3 is 6.10 Å². The molecule has 5 nitrogen and oxygen atoms in total. The Morgan fingerprint density at radius 3 is 1.90 bits per heavy atom. The molecule has 0 aromatic carbocycles. The van der Waals surface area contributed by atoms with Gasteiger partial charge in [-0.1, -0.05) is 13.8 Å². The van der Waals surface area contributed by atoms with E-state index in [1.807, 2.05) is 0 Å². The van der Waals surface area contributed by atoms with Gasteiger partial charge in [-0.3, -0.25) is 10.1 Å². The summed E-state index contributed by atoms with van der Waals surface area (Å²) in [5.41, 5.74) is 0. The van der Waals surface area contributed by atoms with Crippen LogP contribution in [0.3, 0.4) is 0 Å². The predicted octanol–water partition coefficient (Wildman–Crippen LogP) is -1.65. The summed E-state index contributed by atoms with van der Waals surface area (Å²) in [6, 6.07) is 0. The molecule has 1 amide bonds. The number of aliphatic hydroxyl groups is 3. The maximum absolute atomic E-state index is 10.6. The first kappa shape index (κ1) is 9.35. The Morgan fingerprint density at radius 2 is 1.80 bits per heavy atom. The van der Waals surface area contributed by atoms with Crippen LogP contribution >= 0.6 is 0 Å². The van der Waals surface area contributed by atoms with Crippen LogP contribution in [-0.2, 0) is 4.79 Å². The summed E-state index contributed by atoms with van der Waals surface area (Å²) in [6.07, 6.45) is -3.10. The summed E-state index contributed by atoms with van der Waals surface area (Å²) in [6.45, 7) is 3.11. The topological polar surface area (TPSA) is 89.8 Å². The second-order valence-electron chi connectivity index (χ2n) is 2.28. The summed E-state index contributed by atoms with van der Waals surface area (Å²) in [5, 5.41) is 26.2. The lowest BCUT2D eigenvalue weighted by molar-refractivity contribution is -0.326. The molecule has 0 rings (SSSR count).